The van der Waals surface area contributed by atoms with E-state index in [0.717, 1.165) is 12.8 Å². The van der Waals surface area contributed by atoms with Crippen molar-refractivity contribution in [1.82, 2.24) is 14.3 Å². The van der Waals surface area contributed by atoms with Gasteiger partial charge in [-0.05, 0) is 30.7 Å². The molecule has 1 amide bonds. The first-order valence-corrected chi connectivity index (χ1v) is 7.98. The highest BCUT2D eigenvalue weighted by molar-refractivity contribution is 5.89. The number of hydrogen-bond acceptors (Lipinski definition) is 5. The van der Waals surface area contributed by atoms with Crippen LogP contribution in [0.5, 0.6) is 0 Å². The molecule has 1 fully saturated rings. The monoisotopic (exact) mass is 332 g/mol. The molecule has 0 radical (unpaired) electrons. The van der Waals surface area contributed by atoms with E-state index in [2.05, 4.69) is 12.0 Å². The molecule has 1 aliphatic rings. The van der Waals surface area contributed by atoms with Crippen LogP contribution in [0.3, 0.4) is 0 Å². The molecule has 1 aliphatic heterocycles. The van der Waals surface area contributed by atoms with Crippen molar-refractivity contribution in [3.05, 3.63) is 41.1 Å². The summed E-state index contributed by atoms with van der Waals surface area (Å²) >= 11 is 0. The molecule has 1 aromatic carbocycles. The zero-order valence-electron chi connectivity index (χ0n) is 13.5. The van der Waals surface area contributed by atoms with Crippen LogP contribution in [0, 0.1) is 0 Å². The summed E-state index contributed by atoms with van der Waals surface area (Å²) in [6, 6.07) is 6.99. The van der Waals surface area contributed by atoms with Crippen molar-refractivity contribution in [1.29, 1.82) is 0 Å². The van der Waals surface area contributed by atoms with Crippen molar-refractivity contribution in [2.75, 3.05) is 18.1 Å². The maximum atomic E-state index is 12.3. The molecule has 8 nitrogen and oxygen atoms in total. The number of anilines is 1. The quantitative estimate of drug-likeness (QED) is 0.857. The summed E-state index contributed by atoms with van der Waals surface area (Å²) in [5.41, 5.74) is 1.15. The fraction of sp³-hybridized carbons (Fsp3) is 0.438. The molecule has 2 aromatic rings. The van der Waals surface area contributed by atoms with Crippen LogP contribution in [0.25, 0.3) is 5.69 Å². The summed E-state index contributed by atoms with van der Waals surface area (Å²) < 4.78 is 7.94. The van der Waals surface area contributed by atoms with Crippen molar-refractivity contribution in [3.8, 4) is 5.69 Å². The largest absolute Gasteiger partial charge is 0.441 e. The Balaban J connectivity index is 1.79. The number of aliphatic hydroxyl groups excluding tert-OH is 1. The minimum absolute atomic E-state index is 0.183. The second-order valence-corrected chi connectivity index (χ2v) is 5.68. The van der Waals surface area contributed by atoms with Gasteiger partial charge in [0.2, 0.25) is 0 Å². The molecule has 24 heavy (non-hydrogen) atoms. The van der Waals surface area contributed by atoms with Gasteiger partial charge < -0.3 is 9.84 Å². The third-order valence-corrected chi connectivity index (χ3v) is 3.97. The standard InChI is InChI=1S/C16H20N4O4/c1-2-3-8-20-15(22)19(11-17-20)13-6-4-12(5-7-13)18-9-14(10-21)24-16(18)23/h4-7,11,14,21H,2-3,8-10H2,1H3/t14-/m1/s1. The maximum absolute atomic E-state index is 12.3. The van der Waals surface area contributed by atoms with Crippen LogP contribution in [-0.4, -0.2) is 44.8 Å². The van der Waals surface area contributed by atoms with E-state index in [9.17, 15) is 9.59 Å². The third-order valence-electron chi connectivity index (χ3n) is 3.97. The molecular weight excluding hydrogens is 312 g/mol. The average Bonchev–Trinajstić information content (AvgIpc) is 3.16. The van der Waals surface area contributed by atoms with Crippen LogP contribution in [-0.2, 0) is 11.3 Å². The van der Waals surface area contributed by atoms with Crippen LogP contribution in [0.2, 0.25) is 0 Å². The van der Waals surface area contributed by atoms with Gasteiger partial charge in [-0.3, -0.25) is 4.90 Å². The third kappa shape index (κ3) is 3.05. The van der Waals surface area contributed by atoms with E-state index in [1.807, 2.05) is 0 Å². The molecule has 0 saturated carbocycles. The Bertz CT molecular complexity index is 765. The molecule has 2 heterocycles. The minimum atomic E-state index is -0.503. The predicted octanol–water partition coefficient (Wildman–Crippen LogP) is 1.15. The summed E-state index contributed by atoms with van der Waals surface area (Å²) in [5.74, 6) is 0. The number of rotatable bonds is 6. The van der Waals surface area contributed by atoms with Gasteiger partial charge in [0.15, 0.2) is 0 Å². The first kappa shape index (κ1) is 16.3. The lowest BCUT2D eigenvalue weighted by Crippen LogP contribution is -2.26. The average molecular weight is 332 g/mol. The lowest BCUT2D eigenvalue weighted by Gasteiger charge is -2.13. The van der Waals surface area contributed by atoms with E-state index >= 15 is 0 Å². The highest BCUT2D eigenvalue weighted by atomic mass is 16.6. The van der Waals surface area contributed by atoms with Crippen LogP contribution < -0.4 is 10.6 Å². The molecule has 8 heteroatoms. The Morgan fingerprint density at radius 3 is 2.58 bits per heavy atom. The molecule has 0 unspecified atom stereocenters. The number of aliphatic hydroxyl groups is 1. The van der Waals surface area contributed by atoms with Gasteiger partial charge in [-0.2, -0.15) is 5.10 Å². The fourth-order valence-corrected chi connectivity index (χ4v) is 2.60. The van der Waals surface area contributed by atoms with Gasteiger partial charge in [-0.25, -0.2) is 18.8 Å². The number of carbonyl (C=O) groups is 1. The topological polar surface area (TPSA) is 89.6 Å². The summed E-state index contributed by atoms with van der Waals surface area (Å²) in [7, 11) is 0. The Morgan fingerprint density at radius 2 is 1.96 bits per heavy atom. The first-order chi connectivity index (χ1) is 11.6. The SMILES string of the molecule is CCCCn1ncn(-c2ccc(N3C[C@H](CO)OC3=O)cc2)c1=O. The van der Waals surface area contributed by atoms with E-state index in [0.29, 0.717) is 24.5 Å². The van der Waals surface area contributed by atoms with E-state index in [-0.39, 0.29) is 12.3 Å². The van der Waals surface area contributed by atoms with E-state index in [4.69, 9.17) is 9.84 Å². The number of benzene rings is 1. The molecule has 0 bridgehead atoms. The number of nitrogens with zero attached hydrogens (tertiary/aromatic N) is 4. The molecule has 1 atom stereocenters. The molecule has 128 valence electrons. The summed E-state index contributed by atoms with van der Waals surface area (Å²) in [6.45, 7) is 2.77. The molecule has 0 spiro atoms. The van der Waals surface area contributed by atoms with Gasteiger partial charge in [-0.1, -0.05) is 13.3 Å². The van der Waals surface area contributed by atoms with E-state index in [1.165, 1.54) is 20.5 Å². The van der Waals surface area contributed by atoms with Gasteiger partial charge in [0, 0.05) is 12.2 Å². The molecular formula is C16H20N4O4. The number of unbranched alkanes of at least 4 members (excludes halogenated alkanes) is 1. The number of aromatic nitrogens is 3. The summed E-state index contributed by atoms with van der Waals surface area (Å²) in [5, 5.41) is 13.2. The van der Waals surface area contributed by atoms with E-state index in [1.54, 1.807) is 24.3 Å². The highest BCUT2D eigenvalue weighted by Gasteiger charge is 2.31. The van der Waals surface area contributed by atoms with Crippen LogP contribution in [0.15, 0.2) is 35.4 Å². The van der Waals surface area contributed by atoms with E-state index < -0.39 is 12.2 Å². The number of cyclic esters (lactones) is 1. The lowest BCUT2D eigenvalue weighted by molar-refractivity contribution is 0.0963. The zero-order valence-corrected chi connectivity index (χ0v) is 13.5. The van der Waals surface area contributed by atoms with Crippen LogP contribution >= 0.6 is 0 Å². The molecule has 1 aromatic heterocycles. The normalized spacial score (nSPS) is 17.3. The first-order valence-electron chi connectivity index (χ1n) is 7.98. The lowest BCUT2D eigenvalue weighted by atomic mass is 10.2. The van der Waals surface area contributed by atoms with Crippen molar-refractivity contribution in [3.63, 3.8) is 0 Å². The Morgan fingerprint density at radius 1 is 1.25 bits per heavy atom. The molecule has 3 rings (SSSR count). The number of hydrogen-bond donors (Lipinski definition) is 1. The Labute approximate surface area is 138 Å². The molecule has 1 N–H and O–H groups in total. The van der Waals surface area contributed by atoms with Crippen molar-refractivity contribution >= 4 is 11.8 Å². The summed E-state index contributed by atoms with van der Waals surface area (Å²) in [6.07, 6.45) is 2.41. The second-order valence-electron chi connectivity index (χ2n) is 5.68. The van der Waals surface area contributed by atoms with Crippen molar-refractivity contribution in [2.24, 2.45) is 0 Å². The van der Waals surface area contributed by atoms with Crippen LogP contribution in [0.1, 0.15) is 19.8 Å². The zero-order chi connectivity index (χ0) is 17.1. The molecule has 0 aliphatic carbocycles. The van der Waals surface area contributed by atoms with Gasteiger partial charge in [0.05, 0.1) is 18.8 Å². The van der Waals surface area contributed by atoms with Gasteiger partial charge in [-0.15, -0.1) is 0 Å². The smallest absolute Gasteiger partial charge is 0.414 e. The maximum Gasteiger partial charge on any atom is 0.414 e. The van der Waals surface area contributed by atoms with Gasteiger partial charge >= 0.3 is 11.8 Å². The Hall–Kier alpha value is -2.61. The number of ether oxygens (including phenoxy) is 1. The van der Waals surface area contributed by atoms with Crippen LogP contribution in [0.4, 0.5) is 10.5 Å². The minimum Gasteiger partial charge on any atom is -0.441 e. The summed E-state index contributed by atoms with van der Waals surface area (Å²) in [4.78, 5) is 25.5. The van der Waals surface area contributed by atoms with Gasteiger partial charge in [0.1, 0.15) is 12.4 Å². The predicted molar refractivity (Wildman–Crippen MR) is 87.4 cm³/mol. The fourth-order valence-electron chi connectivity index (χ4n) is 2.60. The second kappa shape index (κ2) is 6.88. The molecule has 1 saturated heterocycles. The Kier molecular flexibility index (Phi) is 4.66. The number of amides is 1. The van der Waals surface area contributed by atoms with Crippen molar-refractivity contribution in [2.45, 2.75) is 32.4 Å². The number of carbonyl (C=O) groups excluding carboxylic acids is 1. The number of aryl methyl sites for hydroxylation is 1. The van der Waals surface area contributed by atoms with Gasteiger partial charge in [0.25, 0.3) is 0 Å². The van der Waals surface area contributed by atoms with Crippen molar-refractivity contribution < 1.29 is 14.6 Å². The highest BCUT2D eigenvalue weighted by Crippen LogP contribution is 2.22.